The van der Waals surface area contributed by atoms with E-state index in [0.717, 1.165) is 22.2 Å². The maximum atomic E-state index is 13.0. The summed E-state index contributed by atoms with van der Waals surface area (Å²) in [5, 5.41) is 21.4. The van der Waals surface area contributed by atoms with E-state index in [2.05, 4.69) is 21.6 Å². The van der Waals surface area contributed by atoms with E-state index in [-0.39, 0.29) is 28.1 Å². The number of carbonyl (C=O) groups excluding carboxylic acids is 1. The molecule has 0 aliphatic carbocycles. The largest absolute Gasteiger partial charge is 0.316 e. The van der Waals surface area contributed by atoms with Gasteiger partial charge in [0.1, 0.15) is 16.8 Å². The molecule has 0 radical (unpaired) electrons. The molecule has 0 spiro atoms. The van der Waals surface area contributed by atoms with Gasteiger partial charge < -0.3 is 5.32 Å². The first-order chi connectivity index (χ1) is 16.8. The molecule has 0 atom stereocenters. The molecule has 8 nitrogen and oxygen atoms in total. The maximum absolute atomic E-state index is 13.0. The topological polar surface area (TPSA) is 118 Å². The molecule has 1 amide bonds. The molecule has 0 aliphatic heterocycles. The number of amides is 1. The molecule has 0 saturated heterocycles. The van der Waals surface area contributed by atoms with Crippen molar-refractivity contribution in [2.45, 2.75) is 29.7 Å². The molecule has 0 bridgehead atoms. The Morgan fingerprint density at radius 1 is 1.09 bits per heavy atom. The van der Waals surface area contributed by atoms with Crippen LogP contribution in [0.5, 0.6) is 0 Å². The van der Waals surface area contributed by atoms with Gasteiger partial charge in [-0.05, 0) is 43.7 Å². The Kier molecular flexibility index (Phi) is 7.35. The molecule has 0 saturated carbocycles. The summed E-state index contributed by atoms with van der Waals surface area (Å²) in [7, 11) is -3.65. The monoisotopic (exact) mass is 523 g/mol. The van der Waals surface area contributed by atoms with Crippen molar-refractivity contribution in [1.82, 2.24) is 14.8 Å². The molecule has 11 heteroatoms. The molecule has 2 aromatic heterocycles. The molecule has 178 valence electrons. The first-order valence-corrected chi connectivity index (χ1v) is 14.0. The Morgan fingerprint density at radius 2 is 1.74 bits per heavy atom. The number of aromatic nitrogens is 3. The molecule has 0 unspecified atom stereocenters. The fraction of sp³-hybridized carbons (Fsp3) is 0.167. The Morgan fingerprint density at radius 3 is 2.40 bits per heavy atom. The fourth-order valence-corrected chi connectivity index (χ4v) is 6.41. The van der Waals surface area contributed by atoms with Crippen LogP contribution in [0, 0.1) is 25.2 Å². The predicted molar refractivity (Wildman–Crippen MR) is 137 cm³/mol. The third-order valence-electron chi connectivity index (χ3n) is 5.22. The van der Waals surface area contributed by atoms with Crippen LogP contribution in [0.4, 0.5) is 5.00 Å². The average molecular weight is 524 g/mol. The molecule has 4 rings (SSSR count). The zero-order valence-corrected chi connectivity index (χ0v) is 21.4. The smallest absolute Gasteiger partial charge is 0.235 e. The summed E-state index contributed by atoms with van der Waals surface area (Å²) in [5.41, 5.74) is 2.01. The lowest BCUT2D eigenvalue weighted by Crippen LogP contribution is -2.15. The van der Waals surface area contributed by atoms with Crippen molar-refractivity contribution in [3.8, 4) is 11.8 Å². The highest BCUT2D eigenvalue weighted by molar-refractivity contribution is 7.99. The number of rotatable bonds is 8. The fourth-order valence-electron chi connectivity index (χ4n) is 3.35. The SMILES string of the molecule is Cc1sc(NC(=O)CSc2nnc(CS(=O)(=O)c3ccccc3)n2-c2ccccc2)c(C#N)c1C. The summed E-state index contributed by atoms with van der Waals surface area (Å²) >= 11 is 2.50. The van der Waals surface area contributed by atoms with Crippen molar-refractivity contribution in [2.24, 2.45) is 0 Å². The minimum absolute atomic E-state index is 0.0112. The Balaban J connectivity index is 1.58. The van der Waals surface area contributed by atoms with Gasteiger partial charge in [-0.3, -0.25) is 9.36 Å². The lowest BCUT2D eigenvalue weighted by atomic mass is 10.2. The first-order valence-electron chi connectivity index (χ1n) is 10.5. The van der Waals surface area contributed by atoms with Gasteiger partial charge >= 0.3 is 0 Å². The third-order valence-corrected chi connectivity index (χ3v) is 8.90. The second kappa shape index (κ2) is 10.4. The van der Waals surface area contributed by atoms with Gasteiger partial charge in [-0.1, -0.05) is 48.2 Å². The van der Waals surface area contributed by atoms with Crippen LogP contribution < -0.4 is 5.32 Å². The number of thioether (sulfide) groups is 1. The molecule has 35 heavy (non-hydrogen) atoms. The second-order valence-electron chi connectivity index (χ2n) is 7.58. The number of thiophene rings is 1. The summed E-state index contributed by atoms with van der Waals surface area (Å²) in [5.74, 6) is -0.379. The van der Waals surface area contributed by atoms with Crippen molar-refractivity contribution in [3.05, 3.63) is 82.5 Å². The molecular formula is C24H21N5O3S3. The number of hydrogen-bond acceptors (Lipinski definition) is 8. The molecule has 2 aromatic carbocycles. The Bertz CT molecular complexity index is 1510. The van der Waals surface area contributed by atoms with E-state index in [1.807, 2.05) is 44.2 Å². The number of para-hydroxylation sites is 1. The molecular weight excluding hydrogens is 502 g/mol. The third kappa shape index (κ3) is 5.45. The number of anilines is 1. The summed E-state index contributed by atoms with van der Waals surface area (Å²) in [4.78, 5) is 13.8. The van der Waals surface area contributed by atoms with Crippen LogP contribution in [-0.4, -0.2) is 34.8 Å². The highest BCUT2D eigenvalue weighted by Crippen LogP contribution is 2.32. The maximum Gasteiger partial charge on any atom is 0.235 e. The standard InChI is InChI=1S/C24H21N5O3S3/c1-16-17(2)34-23(20(16)13-25)26-22(30)14-33-24-28-27-21(29(24)18-9-5-3-6-10-18)15-35(31,32)19-11-7-4-8-12-19/h3-12H,14-15H2,1-2H3,(H,26,30). The van der Waals surface area contributed by atoms with Gasteiger partial charge in [0.2, 0.25) is 5.91 Å². The zero-order valence-electron chi connectivity index (χ0n) is 18.9. The van der Waals surface area contributed by atoms with Crippen molar-refractivity contribution in [1.29, 1.82) is 5.26 Å². The van der Waals surface area contributed by atoms with Crippen LogP contribution >= 0.6 is 23.1 Å². The van der Waals surface area contributed by atoms with E-state index in [9.17, 15) is 18.5 Å². The van der Waals surface area contributed by atoms with Gasteiger partial charge in [0.25, 0.3) is 0 Å². The number of nitrogens with one attached hydrogen (secondary N) is 1. The lowest BCUT2D eigenvalue weighted by Gasteiger charge is -2.11. The van der Waals surface area contributed by atoms with Crippen molar-refractivity contribution in [2.75, 3.05) is 11.1 Å². The van der Waals surface area contributed by atoms with Crippen LogP contribution in [-0.2, 0) is 20.4 Å². The zero-order chi connectivity index (χ0) is 25.0. The van der Waals surface area contributed by atoms with E-state index in [1.54, 1.807) is 34.9 Å². The van der Waals surface area contributed by atoms with Crippen LogP contribution in [0.2, 0.25) is 0 Å². The number of nitrogens with zero attached hydrogens (tertiary/aromatic N) is 4. The van der Waals surface area contributed by atoms with Crippen LogP contribution in [0.1, 0.15) is 21.8 Å². The number of aryl methyl sites for hydroxylation is 1. The van der Waals surface area contributed by atoms with Crippen LogP contribution in [0.15, 0.2) is 70.7 Å². The van der Waals surface area contributed by atoms with Crippen LogP contribution in [0.25, 0.3) is 5.69 Å². The van der Waals surface area contributed by atoms with Gasteiger partial charge in [0.15, 0.2) is 20.8 Å². The number of nitriles is 1. The van der Waals surface area contributed by atoms with Gasteiger partial charge in [0.05, 0.1) is 16.2 Å². The lowest BCUT2D eigenvalue weighted by molar-refractivity contribution is -0.113. The van der Waals surface area contributed by atoms with Crippen molar-refractivity contribution in [3.63, 3.8) is 0 Å². The normalized spacial score (nSPS) is 11.2. The van der Waals surface area contributed by atoms with E-state index >= 15 is 0 Å². The number of benzene rings is 2. The molecule has 0 fully saturated rings. The molecule has 1 N–H and O–H groups in total. The number of sulfone groups is 1. The highest BCUT2D eigenvalue weighted by atomic mass is 32.2. The van der Waals surface area contributed by atoms with Gasteiger partial charge in [-0.25, -0.2) is 8.42 Å². The van der Waals surface area contributed by atoms with Crippen molar-refractivity contribution < 1.29 is 13.2 Å². The number of hydrogen-bond donors (Lipinski definition) is 1. The quantitative estimate of drug-likeness (QED) is 0.337. The van der Waals surface area contributed by atoms with Gasteiger partial charge in [-0.15, -0.1) is 21.5 Å². The van der Waals surface area contributed by atoms with Gasteiger partial charge in [0, 0.05) is 10.6 Å². The Labute approximate surface area is 211 Å². The first kappa shape index (κ1) is 24.7. The molecule has 4 aromatic rings. The summed E-state index contributed by atoms with van der Waals surface area (Å²) < 4.78 is 27.6. The van der Waals surface area contributed by atoms with Gasteiger partial charge in [-0.2, -0.15) is 5.26 Å². The minimum atomic E-state index is -3.65. The summed E-state index contributed by atoms with van der Waals surface area (Å²) in [6, 6.07) is 19.5. The summed E-state index contributed by atoms with van der Waals surface area (Å²) in [6.07, 6.45) is 0. The minimum Gasteiger partial charge on any atom is -0.316 e. The molecule has 2 heterocycles. The summed E-state index contributed by atoms with van der Waals surface area (Å²) in [6.45, 7) is 3.75. The van der Waals surface area contributed by atoms with E-state index in [4.69, 9.17) is 0 Å². The van der Waals surface area contributed by atoms with E-state index in [0.29, 0.717) is 21.4 Å². The predicted octanol–water partition coefficient (Wildman–Crippen LogP) is 4.52. The number of carbonyl (C=O) groups is 1. The second-order valence-corrected chi connectivity index (χ2v) is 11.7. The van der Waals surface area contributed by atoms with Crippen molar-refractivity contribution >= 4 is 43.8 Å². The molecule has 0 aliphatic rings. The van der Waals surface area contributed by atoms with E-state index in [1.165, 1.54) is 11.3 Å². The van der Waals surface area contributed by atoms with Crippen LogP contribution in [0.3, 0.4) is 0 Å². The Hall–Kier alpha value is -3.46. The van der Waals surface area contributed by atoms with E-state index < -0.39 is 9.84 Å². The highest BCUT2D eigenvalue weighted by Gasteiger charge is 2.23. The average Bonchev–Trinajstić information content (AvgIpc) is 3.37.